The van der Waals surface area contributed by atoms with Gasteiger partial charge in [0.15, 0.2) is 0 Å². The van der Waals surface area contributed by atoms with Gasteiger partial charge < -0.3 is 4.90 Å². The molecule has 4 rings (SSSR count). The van der Waals surface area contributed by atoms with Crippen molar-refractivity contribution in [2.24, 2.45) is 5.10 Å². The molecule has 1 fully saturated rings. The van der Waals surface area contributed by atoms with E-state index in [9.17, 15) is 19.7 Å². The van der Waals surface area contributed by atoms with Gasteiger partial charge in [0.05, 0.1) is 16.4 Å². The molecular weight excluding hydrogens is 452 g/mol. The van der Waals surface area contributed by atoms with Gasteiger partial charge in [-0.25, -0.2) is 5.43 Å². The fraction of sp³-hybridized carbons (Fsp3) is 0.160. The number of rotatable bonds is 7. The largest absolute Gasteiger partial charge is 0.322 e. The van der Waals surface area contributed by atoms with E-state index in [1.165, 1.54) is 12.1 Å². The molecule has 2 amide bonds. The predicted molar refractivity (Wildman–Crippen MR) is 131 cm³/mol. The first-order chi connectivity index (χ1) is 16.4. The first kappa shape index (κ1) is 23.2. The minimum absolute atomic E-state index is 0.0430. The van der Waals surface area contributed by atoms with E-state index in [1.54, 1.807) is 43.0 Å². The van der Waals surface area contributed by atoms with E-state index in [0.717, 1.165) is 11.1 Å². The highest BCUT2D eigenvalue weighted by atomic mass is 32.2. The summed E-state index contributed by atoms with van der Waals surface area (Å²) in [7, 11) is 0. The second kappa shape index (κ2) is 10.3. The maximum atomic E-state index is 12.5. The van der Waals surface area contributed by atoms with Crippen molar-refractivity contribution in [1.82, 2.24) is 10.3 Å². The number of hydrogen-bond acceptors (Lipinski definition) is 6. The van der Waals surface area contributed by atoms with Crippen molar-refractivity contribution in [3.63, 3.8) is 0 Å². The number of nitro groups is 1. The summed E-state index contributed by atoms with van der Waals surface area (Å²) >= 11 is 1.57. The van der Waals surface area contributed by atoms with Crippen molar-refractivity contribution in [3.8, 4) is 0 Å². The number of nitro benzene ring substituents is 1. The average molecular weight is 475 g/mol. The van der Waals surface area contributed by atoms with Crippen molar-refractivity contribution in [2.75, 3.05) is 5.75 Å². The Balaban J connectivity index is 1.43. The lowest BCUT2D eigenvalue weighted by atomic mass is 10.1. The molecule has 1 saturated heterocycles. The molecule has 3 aromatic carbocycles. The van der Waals surface area contributed by atoms with Crippen LogP contribution in [0.3, 0.4) is 0 Å². The molecular formula is C25H22N4O4S. The zero-order valence-electron chi connectivity index (χ0n) is 18.4. The van der Waals surface area contributed by atoms with Gasteiger partial charge in [-0.3, -0.25) is 19.7 Å². The number of amides is 2. The fourth-order valence-electron chi connectivity index (χ4n) is 3.59. The van der Waals surface area contributed by atoms with Crippen LogP contribution < -0.4 is 5.43 Å². The molecule has 0 unspecified atom stereocenters. The van der Waals surface area contributed by atoms with Gasteiger partial charge >= 0.3 is 0 Å². The van der Waals surface area contributed by atoms with Crippen LogP contribution in [0.4, 0.5) is 5.69 Å². The summed E-state index contributed by atoms with van der Waals surface area (Å²) in [5.74, 6) is 0.116. The molecule has 1 aliphatic rings. The van der Waals surface area contributed by atoms with E-state index in [2.05, 4.69) is 10.5 Å². The van der Waals surface area contributed by atoms with Crippen LogP contribution in [-0.4, -0.2) is 33.1 Å². The maximum Gasteiger partial charge on any atom is 0.271 e. The molecule has 34 heavy (non-hydrogen) atoms. The number of benzene rings is 3. The highest BCUT2D eigenvalue weighted by Gasteiger charge is 2.32. The SMILES string of the molecule is C/C(=N/NC(=O)c1ccc([C@@H]2SCC(=O)N2Cc2ccccc2)cc1)c1cccc([N+](=O)[O-])c1. The van der Waals surface area contributed by atoms with Crippen LogP contribution in [-0.2, 0) is 11.3 Å². The first-order valence-electron chi connectivity index (χ1n) is 10.6. The van der Waals surface area contributed by atoms with Gasteiger partial charge in [-0.05, 0) is 30.2 Å². The third kappa shape index (κ3) is 5.32. The molecule has 0 radical (unpaired) electrons. The normalized spacial score (nSPS) is 15.9. The summed E-state index contributed by atoms with van der Waals surface area (Å²) in [5, 5.41) is 14.9. The Morgan fingerprint density at radius 3 is 2.53 bits per heavy atom. The third-order valence-electron chi connectivity index (χ3n) is 5.42. The van der Waals surface area contributed by atoms with Crippen LogP contribution in [0.1, 0.15) is 39.3 Å². The number of nitrogens with one attached hydrogen (secondary N) is 1. The van der Waals surface area contributed by atoms with Crippen molar-refractivity contribution in [2.45, 2.75) is 18.8 Å². The van der Waals surface area contributed by atoms with Gasteiger partial charge in [0.2, 0.25) is 5.91 Å². The van der Waals surface area contributed by atoms with E-state index in [-0.39, 0.29) is 17.0 Å². The van der Waals surface area contributed by atoms with Gasteiger partial charge in [0, 0.05) is 29.8 Å². The summed E-state index contributed by atoms with van der Waals surface area (Å²) in [6.07, 6.45) is 0. The van der Waals surface area contributed by atoms with Crippen LogP contribution in [0.15, 0.2) is 84.0 Å². The van der Waals surface area contributed by atoms with Crippen molar-refractivity contribution >= 4 is 35.0 Å². The van der Waals surface area contributed by atoms with Gasteiger partial charge in [0.25, 0.3) is 11.6 Å². The number of nitrogens with zero attached hydrogens (tertiary/aromatic N) is 3. The Bertz CT molecular complexity index is 1250. The van der Waals surface area contributed by atoms with Gasteiger partial charge in [0.1, 0.15) is 5.37 Å². The summed E-state index contributed by atoms with van der Waals surface area (Å²) in [5.41, 5.74) is 5.88. The lowest BCUT2D eigenvalue weighted by Crippen LogP contribution is -2.27. The molecule has 0 spiro atoms. The Morgan fingerprint density at radius 2 is 1.82 bits per heavy atom. The molecule has 1 N–H and O–H groups in total. The van der Waals surface area contributed by atoms with E-state index in [1.807, 2.05) is 47.4 Å². The van der Waals surface area contributed by atoms with Crippen molar-refractivity contribution < 1.29 is 14.5 Å². The van der Waals surface area contributed by atoms with Crippen molar-refractivity contribution in [3.05, 3.63) is 111 Å². The molecule has 172 valence electrons. The quantitative estimate of drug-likeness (QED) is 0.308. The number of carbonyl (C=O) groups is 2. The van der Waals surface area contributed by atoms with Crippen LogP contribution in [0, 0.1) is 10.1 Å². The van der Waals surface area contributed by atoms with E-state index in [4.69, 9.17) is 0 Å². The second-order valence-electron chi connectivity index (χ2n) is 7.74. The molecule has 0 saturated carbocycles. The summed E-state index contributed by atoms with van der Waals surface area (Å²) in [4.78, 5) is 37.3. The number of thioether (sulfide) groups is 1. The van der Waals surface area contributed by atoms with Gasteiger partial charge in [-0.1, -0.05) is 54.6 Å². The zero-order valence-corrected chi connectivity index (χ0v) is 19.2. The minimum Gasteiger partial charge on any atom is -0.322 e. The number of hydrazone groups is 1. The number of non-ortho nitro benzene ring substituents is 1. The number of carbonyl (C=O) groups excluding carboxylic acids is 2. The molecule has 1 heterocycles. The molecule has 3 aromatic rings. The Kier molecular flexibility index (Phi) is 7.03. The highest BCUT2D eigenvalue weighted by Crippen LogP contribution is 2.39. The Labute approximate surface area is 200 Å². The standard InChI is InChI=1S/C25H22N4O4S/c1-17(21-8-5-9-22(14-21)29(32)33)26-27-24(31)19-10-12-20(13-11-19)25-28(23(30)16-34-25)15-18-6-3-2-4-7-18/h2-14,25H,15-16H2,1H3,(H,27,31)/b26-17-/t25-/m0/s1. The second-order valence-corrected chi connectivity index (χ2v) is 8.81. The lowest BCUT2D eigenvalue weighted by molar-refractivity contribution is -0.384. The van der Waals surface area contributed by atoms with Crippen LogP contribution in [0.2, 0.25) is 0 Å². The molecule has 8 nitrogen and oxygen atoms in total. The van der Waals surface area contributed by atoms with Gasteiger partial charge in [-0.15, -0.1) is 11.8 Å². The topological polar surface area (TPSA) is 105 Å². The van der Waals surface area contributed by atoms with E-state index >= 15 is 0 Å². The summed E-state index contributed by atoms with van der Waals surface area (Å²) in [6.45, 7) is 2.20. The molecule has 9 heteroatoms. The molecule has 0 aromatic heterocycles. The molecule has 0 aliphatic carbocycles. The predicted octanol–water partition coefficient (Wildman–Crippen LogP) is 4.52. The zero-order chi connectivity index (χ0) is 24.1. The lowest BCUT2D eigenvalue weighted by Gasteiger charge is -2.24. The van der Waals surface area contributed by atoms with E-state index in [0.29, 0.717) is 29.1 Å². The van der Waals surface area contributed by atoms with Crippen LogP contribution >= 0.6 is 11.8 Å². The monoisotopic (exact) mass is 474 g/mol. The van der Waals surface area contributed by atoms with Crippen molar-refractivity contribution in [1.29, 1.82) is 0 Å². The van der Waals surface area contributed by atoms with E-state index < -0.39 is 10.8 Å². The summed E-state index contributed by atoms with van der Waals surface area (Å²) < 4.78 is 0. The fourth-order valence-corrected chi connectivity index (χ4v) is 4.78. The molecule has 1 aliphatic heterocycles. The smallest absolute Gasteiger partial charge is 0.271 e. The Hall–Kier alpha value is -3.98. The highest BCUT2D eigenvalue weighted by molar-refractivity contribution is 8.00. The van der Waals surface area contributed by atoms with Gasteiger partial charge in [-0.2, -0.15) is 5.10 Å². The summed E-state index contributed by atoms with van der Waals surface area (Å²) in [6, 6.07) is 23.0. The van der Waals surface area contributed by atoms with Crippen LogP contribution in [0.5, 0.6) is 0 Å². The Morgan fingerprint density at radius 1 is 1.09 bits per heavy atom. The first-order valence-corrected chi connectivity index (χ1v) is 11.6. The third-order valence-corrected chi connectivity index (χ3v) is 6.68. The molecule has 0 bridgehead atoms. The minimum atomic E-state index is -0.478. The molecule has 1 atom stereocenters. The average Bonchev–Trinajstić information content (AvgIpc) is 3.23. The number of hydrogen-bond donors (Lipinski definition) is 1. The van der Waals surface area contributed by atoms with Crippen LogP contribution in [0.25, 0.3) is 0 Å². The maximum absolute atomic E-state index is 12.5.